The first-order valence-corrected chi connectivity index (χ1v) is 7.77. The molecule has 1 heterocycles. The van der Waals surface area contributed by atoms with E-state index in [9.17, 15) is 4.79 Å². The number of fused-ring (bicyclic) bond motifs is 1. The fourth-order valence-corrected chi connectivity index (χ4v) is 2.27. The van der Waals surface area contributed by atoms with Gasteiger partial charge in [0, 0.05) is 11.5 Å². The highest BCUT2D eigenvalue weighted by Gasteiger charge is 2.09. The molecular formula is C19H22O5. The summed E-state index contributed by atoms with van der Waals surface area (Å²) in [6.07, 6.45) is 3.10. The van der Waals surface area contributed by atoms with Gasteiger partial charge >= 0.3 is 5.63 Å². The molecule has 2 aromatic rings. The van der Waals surface area contributed by atoms with E-state index in [1.54, 1.807) is 18.2 Å². The average molecular weight is 330 g/mol. The first-order chi connectivity index (χ1) is 11.5. The Kier molecular flexibility index (Phi) is 6.35. The molecule has 2 rings (SSSR count). The van der Waals surface area contributed by atoms with E-state index in [-0.39, 0.29) is 11.7 Å². The molecule has 1 aromatic heterocycles. The van der Waals surface area contributed by atoms with Crippen LogP contribution in [0.25, 0.3) is 11.0 Å². The van der Waals surface area contributed by atoms with E-state index in [0.29, 0.717) is 24.4 Å². The Hall–Kier alpha value is -2.37. The molecule has 0 aliphatic carbocycles. The van der Waals surface area contributed by atoms with Crippen LogP contribution in [0, 0.1) is 0 Å². The van der Waals surface area contributed by atoms with Gasteiger partial charge in [-0.1, -0.05) is 12.2 Å². The third-order valence-electron chi connectivity index (χ3n) is 3.75. The molecule has 0 saturated carbocycles. The van der Waals surface area contributed by atoms with Crippen LogP contribution in [0.2, 0.25) is 0 Å². The first-order valence-electron chi connectivity index (χ1n) is 7.77. The maximum Gasteiger partial charge on any atom is 0.336 e. The zero-order valence-electron chi connectivity index (χ0n) is 14.0. The van der Waals surface area contributed by atoms with Crippen LogP contribution < -0.4 is 10.4 Å². The Morgan fingerprint density at radius 1 is 1.33 bits per heavy atom. The summed E-state index contributed by atoms with van der Waals surface area (Å²) in [6, 6.07) is 8.42. The normalized spacial score (nSPS) is 13.0. The van der Waals surface area contributed by atoms with E-state index >= 15 is 0 Å². The van der Waals surface area contributed by atoms with Crippen LogP contribution in [-0.2, 0) is 4.89 Å². The molecule has 0 aliphatic rings. The van der Waals surface area contributed by atoms with Crippen LogP contribution in [0.5, 0.6) is 5.75 Å². The molecule has 0 amide bonds. The van der Waals surface area contributed by atoms with Crippen molar-refractivity contribution in [1.82, 2.24) is 0 Å². The van der Waals surface area contributed by atoms with Crippen LogP contribution >= 0.6 is 0 Å². The summed E-state index contributed by atoms with van der Waals surface area (Å²) in [5.41, 5.74) is 2.11. The van der Waals surface area contributed by atoms with Gasteiger partial charge in [-0.25, -0.2) is 9.68 Å². The molecule has 5 nitrogen and oxygen atoms in total. The van der Waals surface area contributed by atoms with Crippen molar-refractivity contribution in [2.75, 3.05) is 6.61 Å². The molecule has 24 heavy (non-hydrogen) atoms. The van der Waals surface area contributed by atoms with Crippen molar-refractivity contribution in [2.45, 2.75) is 32.8 Å². The highest BCUT2D eigenvalue weighted by atomic mass is 17.1. The SMILES string of the molecule is C=C(C)[C@H](CC/C(C)=C/COc1ccc2oc(=O)ccc2c1)OO. The second kappa shape index (κ2) is 8.47. The quantitative estimate of drug-likeness (QED) is 0.338. The summed E-state index contributed by atoms with van der Waals surface area (Å²) >= 11 is 0. The zero-order valence-corrected chi connectivity index (χ0v) is 14.0. The van der Waals surface area contributed by atoms with Crippen molar-refractivity contribution < 1.29 is 19.3 Å². The number of rotatable bonds is 8. The van der Waals surface area contributed by atoms with E-state index in [1.165, 1.54) is 6.07 Å². The molecule has 128 valence electrons. The largest absolute Gasteiger partial charge is 0.490 e. The van der Waals surface area contributed by atoms with Crippen LogP contribution in [0.15, 0.2) is 63.3 Å². The van der Waals surface area contributed by atoms with Gasteiger partial charge in [-0.2, -0.15) is 0 Å². The van der Waals surface area contributed by atoms with Crippen LogP contribution in [-0.4, -0.2) is 18.0 Å². The summed E-state index contributed by atoms with van der Waals surface area (Å²) in [6.45, 7) is 8.05. The molecule has 0 unspecified atom stereocenters. The van der Waals surface area contributed by atoms with Crippen molar-refractivity contribution in [1.29, 1.82) is 0 Å². The second-order valence-corrected chi connectivity index (χ2v) is 5.79. The van der Waals surface area contributed by atoms with Gasteiger partial charge in [-0.15, -0.1) is 0 Å². The van der Waals surface area contributed by atoms with Crippen LogP contribution in [0.4, 0.5) is 0 Å². The highest BCUT2D eigenvalue weighted by molar-refractivity contribution is 5.77. The minimum absolute atomic E-state index is 0.343. The standard InChI is InChI=1S/C19H22O5/c1-13(2)17(24-21)7-4-14(3)10-11-22-16-6-8-18-15(12-16)5-9-19(20)23-18/h5-6,8-10,12,17,21H,1,4,7,11H2,2-3H3/b14-10+/t17-/m0/s1. The molecule has 0 radical (unpaired) electrons. The predicted octanol–water partition coefficient (Wildman–Crippen LogP) is 4.33. The lowest BCUT2D eigenvalue weighted by Gasteiger charge is -2.13. The molecule has 0 aliphatic heterocycles. The van der Waals surface area contributed by atoms with Gasteiger partial charge in [-0.05, 0) is 62.6 Å². The number of benzene rings is 1. The van der Waals surface area contributed by atoms with E-state index in [0.717, 1.165) is 23.0 Å². The van der Waals surface area contributed by atoms with Crippen molar-refractivity contribution >= 4 is 11.0 Å². The molecule has 0 bridgehead atoms. The highest BCUT2D eigenvalue weighted by Crippen LogP contribution is 2.20. The number of allylic oxidation sites excluding steroid dienone is 1. The summed E-state index contributed by atoms with van der Waals surface area (Å²) in [5, 5.41) is 9.62. The van der Waals surface area contributed by atoms with Crippen LogP contribution in [0.3, 0.4) is 0 Å². The fourth-order valence-electron chi connectivity index (χ4n) is 2.27. The monoisotopic (exact) mass is 330 g/mol. The molecule has 0 saturated heterocycles. The van der Waals surface area contributed by atoms with E-state index in [4.69, 9.17) is 14.4 Å². The topological polar surface area (TPSA) is 68.9 Å². The summed E-state index contributed by atoms with van der Waals surface area (Å²) in [4.78, 5) is 15.5. The van der Waals surface area contributed by atoms with Gasteiger partial charge < -0.3 is 9.15 Å². The Balaban J connectivity index is 1.89. The molecule has 1 aromatic carbocycles. The maximum atomic E-state index is 11.2. The Morgan fingerprint density at radius 2 is 2.12 bits per heavy atom. The first kappa shape index (κ1) is 18.0. The molecule has 1 atom stereocenters. The maximum absolute atomic E-state index is 11.2. The average Bonchev–Trinajstić information content (AvgIpc) is 2.55. The minimum atomic E-state index is -0.366. The van der Waals surface area contributed by atoms with Crippen molar-refractivity contribution in [2.24, 2.45) is 0 Å². The Bertz CT molecular complexity index is 788. The van der Waals surface area contributed by atoms with Gasteiger partial charge in [0.2, 0.25) is 0 Å². The Labute approximate surface area is 140 Å². The number of ether oxygens (including phenoxy) is 1. The van der Waals surface area contributed by atoms with Crippen molar-refractivity contribution in [3.05, 3.63) is 64.6 Å². The lowest BCUT2D eigenvalue weighted by molar-refractivity contribution is -0.269. The van der Waals surface area contributed by atoms with Gasteiger partial charge in [0.05, 0.1) is 0 Å². The zero-order chi connectivity index (χ0) is 17.5. The number of hydrogen-bond donors (Lipinski definition) is 1. The predicted molar refractivity (Wildman–Crippen MR) is 93.3 cm³/mol. The molecule has 5 heteroatoms. The van der Waals surface area contributed by atoms with Gasteiger partial charge in [0.25, 0.3) is 0 Å². The molecule has 1 N–H and O–H groups in total. The smallest absolute Gasteiger partial charge is 0.336 e. The second-order valence-electron chi connectivity index (χ2n) is 5.79. The van der Waals surface area contributed by atoms with E-state index < -0.39 is 0 Å². The van der Waals surface area contributed by atoms with Crippen molar-refractivity contribution in [3.63, 3.8) is 0 Å². The lowest BCUT2D eigenvalue weighted by atomic mass is 10.0. The van der Waals surface area contributed by atoms with Gasteiger partial charge in [-0.3, -0.25) is 5.26 Å². The van der Waals surface area contributed by atoms with Crippen LogP contribution in [0.1, 0.15) is 26.7 Å². The molecule has 0 spiro atoms. The minimum Gasteiger partial charge on any atom is -0.490 e. The van der Waals surface area contributed by atoms with Crippen molar-refractivity contribution in [3.8, 4) is 5.75 Å². The molecular weight excluding hydrogens is 308 g/mol. The third kappa shape index (κ3) is 5.08. The van der Waals surface area contributed by atoms with E-state index in [2.05, 4.69) is 11.5 Å². The summed E-state index contributed by atoms with van der Waals surface area (Å²) in [7, 11) is 0. The summed E-state index contributed by atoms with van der Waals surface area (Å²) < 4.78 is 10.8. The van der Waals surface area contributed by atoms with E-state index in [1.807, 2.05) is 26.0 Å². The Morgan fingerprint density at radius 3 is 2.83 bits per heavy atom. The molecule has 0 fully saturated rings. The fraction of sp³-hybridized carbons (Fsp3) is 0.316. The van der Waals surface area contributed by atoms with Gasteiger partial charge in [0.1, 0.15) is 24.0 Å². The third-order valence-corrected chi connectivity index (χ3v) is 3.75. The summed E-state index contributed by atoms with van der Waals surface area (Å²) in [5.74, 6) is 0.707. The number of hydrogen-bond acceptors (Lipinski definition) is 5. The van der Waals surface area contributed by atoms with Gasteiger partial charge in [0.15, 0.2) is 0 Å². The lowest BCUT2D eigenvalue weighted by Crippen LogP contribution is -2.11.